The molecule has 0 bridgehead atoms. The number of carboxylic acid groups (broad SMARTS) is 1. The molecule has 26 heavy (non-hydrogen) atoms. The Morgan fingerprint density at radius 1 is 1.38 bits per heavy atom. The SMILES string of the molecule is N#Cc1ccc2c(c1)c1c(n2Cc2cccc(F)n2)CC(NC(=O)O)C1. The summed E-state index contributed by atoms with van der Waals surface area (Å²) in [6.07, 6.45) is 0.0601. The molecule has 0 saturated heterocycles. The molecule has 0 fully saturated rings. The van der Waals surface area contributed by atoms with Crippen LogP contribution in [0.15, 0.2) is 36.4 Å². The molecule has 2 aromatic heterocycles. The first-order valence-electron chi connectivity index (χ1n) is 8.20. The smallest absolute Gasteiger partial charge is 0.404 e. The third kappa shape index (κ3) is 2.75. The van der Waals surface area contributed by atoms with Crippen LogP contribution >= 0.6 is 0 Å². The van der Waals surface area contributed by atoms with Crippen LogP contribution in [0.1, 0.15) is 22.5 Å². The number of nitrogens with one attached hydrogen (secondary N) is 1. The molecule has 1 atom stereocenters. The standard InChI is InChI=1S/C19H15FN4O2/c20-18-3-1-2-12(22-18)10-24-16-5-4-11(9-21)6-14(16)15-7-13(8-17(15)24)23-19(25)26/h1-6,13,23H,7-8,10H2,(H,25,26). The summed E-state index contributed by atoms with van der Waals surface area (Å²) < 4.78 is 15.5. The number of nitrogens with zero attached hydrogens (tertiary/aromatic N) is 3. The van der Waals surface area contributed by atoms with Crippen LogP contribution in [0.5, 0.6) is 0 Å². The number of amides is 1. The van der Waals surface area contributed by atoms with Gasteiger partial charge in [-0.3, -0.25) is 0 Å². The number of rotatable bonds is 3. The Kier molecular flexibility index (Phi) is 3.81. The van der Waals surface area contributed by atoms with E-state index in [9.17, 15) is 14.4 Å². The number of pyridine rings is 1. The van der Waals surface area contributed by atoms with E-state index < -0.39 is 12.0 Å². The number of hydrogen-bond acceptors (Lipinski definition) is 3. The minimum atomic E-state index is -1.06. The van der Waals surface area contributed by atoms with Crippen molar-refractivity contribution in [2.75, 3.05) is 0 Å². The van der Waals surface area contributed by atoms with E-state index in [1.165, 1.54) is 6.07 Å². The predicted molar refractivity (Wildman–Crippen MR) is 92.3 cm³/mol. The van der Waals surface area contributed by atoms with Crippen LogP contribution in [-0.4, -0.2) is 26.8 Å². The third-order valence-corrected chi connectivity index (χ3v) is 4.73. The summed E-state index contributed by atoms with van der Waals surface area (Å²) in [5, 5.41) is 21.7. The zero-order chi connectivity index (χ0) is 18.3. The molecule has 6 nitrogen and oxygen atoms in total. The molecule has 0 aliphatic heterocycles. The van der Waals surface area contributed by atoms with Crippen molar-refractivity contribution >= 4 is 17.0 Å². The molecule has 7 heteroatoms. The average molecular weight is 350 g/mol. The van der Waals surface area contributed by atoms with Crippen LogP contribution in [0.2, 0.25) is 0 Å². The number of aromatic nitrogens is 2. The van der Waals surface area contributed by atoms with E-state index in [-0.39, 0.29) is 6.04 Å². The molecule has 3 aromatic rings. The van der Waals surface area contributed by atoms with Gasteiger partial charge in [0.25, 0.3) is 0 Å². The van der Waals surface area contributed by atoms with E-state index in [4.69, 9.17) is 5.11 Å². The second-order valence-electron chi connectivity index (χ2n) is 6.36. The number of hydrogen-bond donors (Lipinski definition) is 2. The lowest BCUT2D eigenvalue weighted by atomic mass is 10.1. The maximum atomic E-state index is 13.5. The van der Waals surface area contributed by atoms with Gasteiger partial charge in [0.1, 0.15) is 0 Å². The number of fused-ring (bicyclic) bond motifs is 3. The number of nitriles is 1. The molecule has 0 saturated carbocycles. The molecule has 0 radical (unpaired) electrons. The topological polar surface area (TPSA) is 90.9 Å². The van der Waals surface area contributed by atoms with Crippen molar-refractivity contribution < 1.29 is 14.3 Å². The highest BCUT2D eigenvalue weighted by atomic mass is 19.1. The lowest BCUT2D eigenvalue weighted by Gasteiger charge is -2.13. The maximum absolute atomic E-state index is 13.5. The summed E-state index contributed by atoms with van der Waals surface area (Å²) in [5.74, 6) is -0.534. The predicted octanol–water partition coefficient (Wildman–Crippen LogP) is 2.83. The van der Waals surface area contributed by atoms with Crippen molar-refractivity contribution in [3.8, 4) is 6.07 Å². The Hall–Kier alpha value is -3.40. The highest BCUT2D eigenvalue weighted by molar-refractivity contribution is 5.88. The number of carbonyl (C=O) groups is 1. The largest absolute Gasteiger partial charge is 0.465 e. The van der Waals surface area contributed by atoms with Gasteiger partial charge in [0.15, 0.2) is 0 Å². The van der Waals surface area contributed by atoms with E-state index in [1.54, 1.807) is 18.2 Å². The molecule has 1 aliphatic rings. The Bertz CT molecular complexity index is 1070. The molecular weight excluding hydrogens is 335 g/mol. The van der Waals surface area contributed by atoms with Gasteiger partial charge < -0.3 is 15.0 Å². The quantitative estimate of drug-likeness (QED) is 0.711. The molecule has 0 spiro atoms. The molecule has 1 unspecified atom stereocenters. The number of benzene rings is 1. The second kappa shape index (κ2) is 6.15. The molecule has 1 aliphatic carbocycles. The Morgan fingerprint density at radius 3 is 2.96 bits per heavy atom. The minimum absolute atomic E-state index is 0.209. The van der Waals surface area contributed by atoms with Crippen LogP contribution < -0.4 is 5.32 Å². The molecule has 1 amide bonds. The van der Waals surface area contributed by atoms with E-state index >= 15 is 0 Å². The summed E-state index contributed by atoms with van der Waals surface area (Å²) in [4.78, 5) is 14.9. The maximum Gasteiger partial charge on any atom is 0.404 e. The van der Waals surface area contributed by atoms with Crippen LogP contribution in [-0.2, 0) is 19.4 Å². The van der Waals surface area contributed by atoms with Crippen molar-refractivity contribution in [1.29, 1.82) is 5.26 Å². The highest BCUT2D eigenvalue weighted by Gasteiger charge is 2.29. The van der Waals surface area contributed by atoms with Gasteiger partial charge >= 0.3 is 6.09 Å². The van der Waals surface area contributed by atoms with Gasteiger partial charge in [0.2, 0.25) is 5.95 Å². The number of halogens is 1. The van der Waals surface area contributed by atoms with Crippen LogP contribution in [0.4, 0.5) is 9.18 Å². The average Bonchev–Trinajstić information content (AvgIpc) is 3.12. The van der Waals surface area contributed by atoms with Crippen molar-refractivity contribution in [2.24, 2.45) is 0 Å². The fraction of sp³-hybridized carbons (Fsp3) is 0.211. The van der Waals surface area contributed by atoms with Crippen LogP contribution in [0.3, 0.4) is 0 Å². The lowest BCUT2D eigenvalue weighted by Crippen LogP contribution is -2.34. The van der Waals surface area contributed by atoms with Crippen LogP contribution in [0, 0.1) is 17.3 Å². The van der Waals surface area contributed by atoms with E-state index in [0.717, 1.165) is 22.2 Å². The Balaban J connectivity index is 1.82. The first-order valence-corrected chi connectivity index (χ1v) is 8.20. The van der Waals surface area contributed by atoms with Gasteiger partial charge in [-0.1, -0.05) is 6.07 Å². The minimum Gasteiger partial charge on any atom is -0.465 e. The monoisotopic (exact) mass is 350 g/mol. The normalized spacial score (nSPS) is 15.6. The molecule has 4 rings (SSSR count). The van der Waals surface area contributed by atoms with Gasteiger partial charge in [-0.05, 0) is 42.3 Å². The molecule has 2 heterocycles. The fourth-order valence-corrected chi connectivity index (χ4v) is 3.72. The Morgan fingerprint density at radius 2 is 2.23 bits per heavy atom. The first-order chi connectivity index (χ1) is 12.5. The van der Waals surface area contributed by atoms with Crippen molar-refractivity contribution in [3.63, 3.8) is 0 Å². The highest BCUT2D eigenvalue weighted by Crippen LogP contribution is 2.34. The second-order valence-corrected chi connectivity index (χ2v) is 6.36. The Labute approximate surface area is 148 Å². The first kappa shape index (κ1) is 16.1. The van der Waals surface area contributed by atoms with Gasteiger partial charge in [-0.25, -0.2) is 9.78 Å². The lowest BCUT2D eigenvalue weighted by molar-refractivity contribution is 0.190. The third-order valence-electron chi connectivity index (χ3n) is 4.73. The van der Waals surface area contributed by atoms with E-state index in [2.05, 4.69) is 16.4 Å². The van der Waals surface area contributed by atoms with E-state index in [1.807, 2.05) is 16.7 Å². The van der Waals surface area contributed by atoms with Crippen LogP contribution in [0.25, 0.3) is 10.9 Å². The summed E-state index contributed by atoms with van der Waals surface area (Å²) in [6.45, 7) is 0.384. The van der Waals surface area contributed by atoms with Gasteiger partial charge in [-0.15, -0.1) is 0 Å². The van der Waals surface area contributed by atoms with Gasteiger partial charge in [0.05, 0.1) is 23.9 Å². The zero-order valence-electron chi connectivity index (χ0n) is 13.7. The van der Waals surface area contributed by atoms with Gasteiger partial charge in [-0.2, -0.15) is 9.65 Å². The zero-order valence-corrected chi connectivity index (χ0v) is 13.7. The van der Waals surface area contributed by atoms with E-state index in [0.29, 0.717) is 30.6 Å². The molecule has 2 N–H and O–H groups in total. The summed E-state index contributed by atoms with van der Waals surface area (Å²) in [6, 6.07) is 12.1. The van der Waals surface area contributed by atoms with Crippen molar-refractivity contribution in [1.82, 2.24) is 14.9 Å². The summed E-state index contributed by atoms with van der Waals surface area (Å²) >= 11 is 0. The molecule has 130 valence electrons. The fourth-order valence-electron chi connectivity index (χ4n) is 3.72. The summed E-state index contributed by atoms with van der Waals surface area (Å²) in [5.41, 5.74) is 4.11. The molecule has 1 aromatic carbocycles. The molecular formula is C19H15FN4O2. The van der Waals surface area contributed by atoms with Gasteiger partial charge in [0, 0.05) is 29.1 Å². The summed E-state index contributed by atoms with van der Waals surface area (Å²) in [7, 11) is 0. The van der Waals surface area contributed by atoms with Crippen molar-refractivity contribution in [3.05, 3.63) is 64.9 Å². The van der Waals surface area contributed by atoms with Crippen molar-refractivity contribution in [2.45, 2.75) is 25.4 Å².